The molecule has 0 spiro atoms. The predicted molar refractivity (Wildman–Crippen MR) is 134 cm³/mol. The van der Waals surface area contributed by atoms with Gasteiger partial charge in [0.1, 0.15) is 0 Å². The molecule has 5 rings (SSSR count). The van der Waals surface area contributed by atoms with Gasteiger partial charge in [-0.25, -0.2) is 9.97 Å². The van der Waals surface area contributed by atoms with Gasteiger partial charge in [0.05, 0.1) is 11.7 Å². The molecule has 3 aromatic rings. The number of hydrogen-bond acceptors (Lipinski definition) is 8. The number of anilines is 2. The number of nitrogens with zero attached hydrogens (tertiary/aromatic N) is 6. The van der Waals surface area contributed by atoms with Gasteiger partial charge in [0, 0.05) is 50.5 Å². The number of likely N-dealkylation sites (tertiary alicyclic amines) is 1. The fraction of sp³-hybridized carbons (Fsp3) is 0.360. The number of carbonyl (C=O) groups is 2. The zero-order valence-corrected chi connectivity index (χ0v) is 20.1. The summed E-state index contributed by atoms with van der Waals surface area (Å²) in [6.45, 7) is 2.80. The maximum absolute atomic E-state index is 12.6. The van der Waals surface area contributed by atoms with E-state index < -0.39 is 0 Å². The van der Waals surface area contributed by atoms with E-state index >= 15 is 0 Å². The molecule has 2 fully saturated rings. The van der Waals surface area contributed by atoms with Gasteiger partial charge in [-0.15, -0.1) is 5.10 Å². The molecule has 180 valence electrons. The molecule has 0 bridgehead atoms. The van der Waals surface area contributed by atoms with Gasteiger partial charge >= 0.3 is 0 Å². The van der Waals surface area contributed by atoms with Crippen LogP contribution in [0.15, 0.2) is 66.2 Å². The Labute approximate surface area is 208 Å². The number of nitrogens with one attached hydrogen (secondary N) is 1. The van der Waals surface area contributed by atoms with Crippen molar-refractivity contribution in [3.8, 4) is 0 Å². The number of piperidine rings is 1. The molecule has 0 saturated carbocycles. The maximum Gasteiger partial charge on any atom is 0.233 e. The van der Waals surface area contributed by atoms with Gasteiger partial charge < -0.3 is 15.1 Å². The second kappa shape index (κ2) is 10.8. The molecule has 9 nitrogen and oxygen atoms in total. The van der Waals surface area contributed by atoms with Crippen LogP contribution in [0, 0.1) is 5.92 Å². The quantitative estimate of drug-likeness (QED) is 0.399. The van der Waals surface area contributed by atoms with Crippen LogP contribution < -0.4 is 10.2 Å². The van der Waals surface area contributed by atoms with E-state index in [9.17, 15) is 9.59 Å². The Bertz CT molecular complexity index is 1130. The highest BCUT2D eigenvalue weighted by Gasteiger charge is 2.33. The van der Waals surface area contributed by atoms with Gasteiger partial charge in [-0.05, 0) is 54.7 Å². The first kappa shape index (κ1) is 23.2. The van der Waals surface area contributed by atoms with E-state index in [0.29, 0.717) is 29.9 Å². The minimum absolute atomic E-state index is 0.0310. The lowest BCUT2D eigenvalue weighted by atomic mass is 9.89. The normalized spacial score (nSPS) is 16.6. The Hall–Kier alpha value is -3.53. The zero-order chi connectivity index (χ0) is 24.0. The molecule has 2 aliphatic rings. The lowest BCUT2D eigenvalue weighted by molar-refractivity contribution is -0.129. The lowest BCUT2D eigenvalue weighted by Gasteiger charge is -2.38. The van der Waals surface area contributed by atoms with Crippen molar-refractivity contribution in [3.05, 3.63) is 66.6 Å². The highest BCUT2D eigenvalue weighted by molar-refractivity contribution is 7.99. The van der Waals surface area contributed by atoms with E-state index in [-0.39, 0.29) is 17.7 Å². The summed E-state index contributed by atoms with van der Waals surface area (Å²) in [5, 5.41) is 11.6. The smallest absolute Gasteiger partial charge is 0.233 e. The molecule has 2 saturated heterocycles. The van der Waals surface area contributed by atoms with Crippen LogP contribution in [0.4, 0.5) is 11.5 Å². The minimum Gasteiger partial charge on any atom is -0.353 e. The molecule has 2 aromatic heterocycles. The first-order valence-electron chi connectivity index (χ1n) is 11.8. The molecule has 35 heavy (non-hydrogen) atoms. The van der Waals surface area contributed by atoms with Gasteiger partial charge in [0.25, 0.3) is 0 Å². The Balaban J connectivity index is 1.05. The summed E-state index contributed by atoms with van der Waals surface area (Å²) in [4.78, 5) is 37.4. The first-order chi connectivity index (χ1) is 17.2. The van der Waals surface area contributed by atoms with Gasteiger partial charge in [-0.1, -0.05) is 23.9 Å². The maximum atomic E-state index is 12.6. The van der Waals surface area contributed by atoms with E-state index in [0.717, 1.165) is 37.4 Å². The Kier molecular flexibility index (Phi) is 7.17. The standard InChI is InChI=1S/C25H27N7O2S/c33-23(17-35-25-26-10-2-11-27-25)31-13-8-19(9-14-31)18-4-6-21(7-5-18)29-24(34)20-15-32(16-20)22-3-1-12-28-30-22/h1-7,10-12,19-20H,8-9,13-17H2,(H,29,34). The van der Waals surface area contributed by atoms with Crippen LogP contribution in [0.5, 0.6) is 0 Å². The summed E-state index contributed by atoms with van der Waals surface area (Å²) in [7, 11) is 0. The lowest BCUT2D eigenvalue weighted by Crippen LogP contribution is -2.52. The van der Waals surface area contributed by atoms with Gasteiger partial charge in [0.2, 0.25) is 11.8 Å². The topological polar surface area (TPSA) is 104 Å². The molecule has 10 heteroatoms. The van der Waals surface area contributed by atoms with Crippen LogP contribution >= 0.6 is 11.8 Å². The molecule has 0 radical (unpaired) electrons. The zero-order valence-electron chi connectivity index (χ0n) is 19.3. The summed E-state index contributed by atoms with van der Waals surface area (Å²) in [5.74, 6) is 1.70. The van der Waals surface area contributed by atoms with E-state index in [4.69, 9.17) is 0 Å². The highest BCUT2D eigenvalue weighted by atomic mass is 32.2. The van der Waals surface area contributed by atoms with Crippen LogP contribution in [-0.4, -0.2) is 68.8 Å². The van der Waals surface area contributed by atoms with Crippen LogP contribution in [0.3, 0.4) is 0 Å². The third-order valence-corrected chi connectivity index (χ3v) is 7.36. The van der Waals surface area contributed by atoms with Crippen molar-refractivity contribution in [1.29, 1.82) is 0 Å². The number of amides is 2. The molecule has 2 aliphatic heterocycles. The SMILES string of the molecule is O=C(Nc1ccc(C2CCN(C(=O)CSc3ncccn3)CC2)cc1)C1CN(c2cccnn2)C1. The highest BCUT2D eigenvalue weighted by Crippen LogP contribution is 2.30. The third-order valence-electron chi connectivity index (χ3n) is 6.50. The predicted octanol–water partition coefficient (Wildman–Crippen LogP) is 2.84. The van der Waals surface area contributed by atoms with Crippen LogP contribution in [0.2, 0.25) is 0 Å². The van der Waals surface area contributed by atoms with Crippen molar-refractivity contribution in [3.63, 3.8) is 0 Å². The number of hydrogen-bond donors (Lipinski definition) is 1. The molecule has 2 amide bonds. The summed E-state index contributed by atoms with van der Waals surface area (Å²) >= 11 is 1.38. The summed E-state index contributed by atoms with van der Waals surface area (Å²) in [5.41, 5.74) is 2.06. The van der Waals surface area contributed by atoms with Crippen molar-refractivity contribution >= 4 is 35.1 Å². The Morgan fingerprint density at radius 1 is 0.971 bits per heavy atom. The minimum atomic E-state index is -0.0508. The number of thioether (sulfide) groups is 1. The summed E-state index contributed by atoms with van der Waals surface area (Å²) in [6, 6.07) is 13.6. The van der Waals surface area contributed by atoms with Crippen molar-refractivity contribution < 1.29 is 9.59 Å². The summed E-state index contributed by atoms with van der Waals surface area (Å²) in [6.07, 6.45) is 6.88. The molecule has 1 aromatic carbocycles. The molecule has 0 atom stereocenters. The second-order valence-corrected chi connectivity index (χ2v) is 9.71. The molecule has 0 unspecified atom stereocenters. The molecular formula is C25H27N7O2S. The van der Waals surface area contributed by atoms with Gasteiger partial charge in [0.15, 0.2) is 11.0 Å². The van der Waals surface area contributed by atoms with E-state index in [1.165, 1.54) is 17.3 Å². The second-order valence-electron chi connectivity index (χ2n) is 8.77. The number of carbonyl (C=O) groups excluding carboxylic acids is 2. The molecule has 1 N–H and O–H groups in total. The Morgan fingerprint density at radius 2 is 1.71 bits per heavy atom. The molecule has 4 heterocycles. The first-order valence-corrected chi connectivity index (χ1v) is 12.8. The fourth-order valence-corrected chi connectivity index (χ4v) is 5.12. The monoisotopic (exact) mass is 489 g/mol. The van der Waals surface area contributed by atoms with E-state index in [2.05, 4.69) is 37.6 Å². The van der Waals surface area contributed by atoms with Crippen LogP contribution in [0.1, 0.15) is 24.3 Å². The number of benzene rings is 1. The van der Waals surface area contributed by atoms with Gasteiger partial charge in [-0.3, -0.25) is 9.59 Å². The van der Waals surface area contributed by atoms with E-state index in [1.54, 1.807) is 24.7 Å². The molecular weight excluding hydrogens is 462 g/mol. The molecule has 0 aliphatic carbocycles. The van der Waals surface area contributed by atoms with Crippen LogP contribution in [-0.2, 0) is 9.59 Å². The average molecular weight is 490 g/mol. The van der Waals surface area contributed by atoms with E-state index in [1.807, 2.05) is 34.1 Å². The largest absolute Gasteiger partial charge is 0.353 e. The number of rotatable bonds is 7. The van der Waals surface area contributed by atoms with Crippen molar-refractivity contribution in [2.75, 3.05) is 42.1 Å². The van der Waals surface area contributed by atoms with Gasteiger partial charge in [-0.2, -0.15) is 5.10 Å². The van der Waals surface area contributed by atoms with Crippen molar-refractivity contribution in [2.45, 2.75) is 23.9 Å². The van der Waals surface area contributed by atoms with Crippen LogP contribution in [0.25, 0.3) is 0 Å². The summed E-state index contributed by atoms with van der Waals surface area (Å²) < 4.78 is 0. The number of aromatic nitrogens is 4. The average Bonchev–Trinajstić information content (AvgIpc) is 2.88. The fourth-order valence-electron chi connectivity index (χ4n) is 4.42. The van der Waals surface area contributed by atoms with Crippen molar-refractivity contribution in [1.82, 2.24) is 25.1 Å². The van der Waals surface area contributed by atoms with Crippen molar-refractivity contribution in [2.24, 2.45) is 5.92 Å². The third kappa shape index (κ3) is 5.76. The Morgan fingerprint density at radius 3 is 2.40 bits per heavy atom.